The third-order valence-corrected chi connectivity index (χ3v) is 3.70. The van der Waals surface area contributed by atoms with Crippen LogP contribution in [-0.2, 0) is 7.05 Å². The molecular formula is C17H23N3O2. The molecular weight excluding hydrogens is 278 g/mol. The number of rotatable bonds is 5. The lowest BCUT2D eigenvalue weighted by molar-refractivity contribution is 0.0915. The fourth-order valence-corrected chi connectivity index (χ4v) is 2.33. The van der Waals surface area contributed by atoms with Crippen LogP contribution in [0, 0.1) is 6.92 Å². The lowest BCUT2D eigenvalue weighted by Crippen LogP contribution is -2.28. The maximum Gasteiger partial charge on any atom is 0.254 e. The van der Waals surface area contributed by atoms with Gasteiger partial charge in [-0.2, -0.15) is 5.10 Å². The van der Waals surface area contributed by atoms with Crippen molar-refractivity contribution < 1.29 is 9.90 Å². The molecule has 0 aliphatic heterocycles. The third-order valence-electron chi connectivity index (χ3n) is 3.70. The van der Waals surface area contributed by atoms with Gasteiger partial charge in [-0.15, -0.1) is 0 Å². The number of benzene rings is 1. The van der Waals surface area contributed by atoms with Crippen molar-refractivity contribution in [1.29, 1.82) is 0 Å². The van der Waals surface area contributed by atoms with Crippen molar-refractivity contribution in [2.75, 3.05) is 6.54 Å². The quantitative estimate of drug-likeness (QED) is 0.890. The monoisotopic (exact) mass is 301 g/mol. The number of aliphatic hydroxyl groups excluding tert-OH is 1. The van der Waals surface area contributed by atoms with Gasteiger partial charge in [-0.3, -0.25) is 9.48 Å². The zero-order chi connectivity index (χ0) is 16.3. The van der Waals surface area contributed by atoms with E-state index < -0.39 is 6.10 Å². The van der Waals surface area contributed by atoms with E-state index in [2.05, 4.69) is 24.3 Å². The molecule has 1 heterocycles. The largest absolute Gasteiger partial charge is 0.387 e. The molecule has 1 atom stereocenters. The maximum absolute atomic E-state index is 12.1. The number of amides is 1. The van der Waals surface area contributed by atoms with E-state index in [9.17, 15) is 9.90 Å². The van der Waals surface area contributed by atoms with Gasteiger partial charge in [0, 0.05) is 19.8 Å². The van der Waals surface area contributed by atoms with Crippen LogP contribution in [0.3, 0.4) is 0 Å². The minimum atomic E-state index is -0.720. The fraction of sp³-hybridized carbons (Fsp3) is 0.412. The molecule has 118 valence electrons. The SMILES string of the molecule is Cc1nn(C)cc1C(=O)NCC(O)c1ccc(C(C)C)cc1. The van der Waals surface area contributed by atoms with Crippen LogP contribution in [-0.4, -0.2) is 27.3 Å². The number of aryl methyl sites for hydroxylation is 2. The average Bonchev–Trinajstić information content (AvgIpc) is 2.83. The van der Waals surface area contributed by atoms with Crippen molar-refractivity contribution in [2.24, 2.45) is 7.05 Å². The van der Waals surface area contributed by atoms with Crippen molar-refractivity contribution >= 4 is 5.91 Å². The molecule has 1 aromatic carbocycles. The molecule has 5 nitrogen and oxygen atoms in total. The summed E-state index contributed by atoms with van der Waals surface area (Å²) in [7, 11) is 1.77. The van der Waals surface area contributed by atoms with Gasteiger partial charge < -0.3 is 10.4 Å². The fourth-order valence-electron chi connectivity index (χ4n) is 2.33. The van der Waals surface area contributed by atoms with E-state index in [0.29, 0.717) is 17.2 Å². The van der Waals surface area contributed by atoms with Crippen LogP contribution in [0.5, 0.6) is 0 Å². The molecule has 22 heavy (non-hydrogen) atoms. The van der Waals surface area contributed by atoms with Gasteiger partial charge in [0.05, 0.1) is 17.4 Å². The van der Waals surface area contributed by atoms with Crippen molar-refractivity contribution in [1.82, 2.24) is 15.1 Å². The molecule has 1 amide bonds. The second-order valence-electron chi connectivity index (χ2n) is 5.85. The van der Waals surface area contributed by atoms with Crippen LogP contribution < -0.4 is 5.32 Å². The summed E-state index contributed by atoms with van der Waals surface area (Å²) in [5.41, 5.74) is 3.24. The molecule has 0 aliphatic rings. The average molecular weight is 301 g/mol. The van der Waals surface area contributed by atoms with Crippen LogP contribution in [0.4, 0.5) is 0 Å². The molecule has 1 aromatic heterocycles. The number of nitrogens with zero attached hydrogens (tertiary/aromatic N) is 2. The molecule has 0 fully saturated rings. The molecule has 0 spiro atoms. The van der Waals surface area contributed by atoms with Gasteiger partial charge in [-0.05, 0) is 24.0 Å². The third kappa shape index (κ3) is 3.74. The van der Waals surface area contributed by atoms with E-state index in [-0.39, 0.29) is 12.5 Å². The van der Waals surface area contributed by atoms with Crippen LogP contribution in [0.15, 0.2) is 30.5 Å². The van der Waals surface area contributed by atoms with E-state index in [1.165, 1.54) is 5.56 Å². The number of carbonyl (C=O) groups excluding carboxylic acids is 1. The Balaban J connectivity index is 1.96. The number of aromatic nitrogens is 2. The summed E-state index contributed by atoms with van der Waals surface area (Å²) >= 11 is 0. The smallest absolute Gasteiger partial charge is 0.254 e. The summed E-state index contributed by atoms with van der Waals surface area (Å²) in [6.45, 7) is 6.22. The lowest BCUT2D eigenvalue weighted by atomic mass is 10.00. The van der Waals surface area contributed by atoms with Gasteiger partial charge in [0.2, 0.25) is 0 Å². The highest BCUT2D eigenvalue weighted by Gasteiger charge is 2.14. The number of carbonyl (C=O) groups is 1. The maximum atomic E-state index is 12.1. The predicted octanol–water partition coefficient (Wildman–Crippen LogP) is 2.32. The van der Waals surface area contributed by atoms with Crippen LogP contribution in [0.1, 0.15) is 53.0 Å². The molecule has 0 radical (unpaired) electrons. The van der Waals surface area contributed by atoms with E-state index in [1.807, 2.05) is 24.3 Å². The van der Waals surface area contributed by atoms with Gasteiger partial charge in [-0.25, -0.2) is 0 Å². The Morgan fingerprint density at radius 2 is 1.86 bits per heavy atom. The Kier molecular flexibility index (Phi) is 4.98. The normalized spacial score (nSPS) is 12.5. The summed E-state index contributed by atoms with van der Waals surface area (Å²) in [6, 6.07) is 7.83. The first kappa shape index (κ1) is 16.2. The summed E-state index contributed by atoms with van der Waals surface area (Å²) < 4.78 is 1.60. The Bertz CT molecular complexity index is 644. The summed E-state index contributed by atoms with van der Waals surface area (Å²) in [6.07, 6.45) is 0.955. The van der Waals surface area contributed by atoms with E-state index in [4.69, 9.17) is 0 Å². The van der Waals surface area contributed by atoms with Gasteiger partial charge in [0.25, 0.3) is 5.91 Å². The molecule has 0 aliphatic carbocycles. The highest BCUT2D eigenvalue weighted by Crippen LogP contribution is 2.18. The zero-order valence-corrected chi connectivity index (χ0v) is 13.5. The molecule has 5 heteroatoms. The van der Waals surface area contributed by atoms with Crippen molar-refractivity contribution in [3.63, 3.8) is 0 Å². The topological polar surface area (TPSA) is 67.2 Å². The molecule has 2 rings (SSSR count). The first-order valence-corrected chi connectivity index (χ1v) is 7.45. The molecule has 0 saturated heterocycles. The minimum Gasteiger partial charge on any atom is -0.387 e. The Morgan fingerprint density at radius 3 is 2.36 bits per heavy atom. The van der Waals surface area contributed by atoms with E-state index >= 15 is 0 Å². The Morgan fingerprint density at radius 1 is 1.27 bits per heavy atom. The first-order valence-electron chi connectivity index (χ1n) is 7.45. The number of hydrogen-bond acceptors (Lipinski definition) is 3. The summed E-state index contributed by atoms with van der Waals surface area (Å²) in [5.74, 6) is 0.239. The van der Waals surface area contributed by atoms with E-state index in [0.717, 1.165) is 5.56 Å². The summed E-state index contributed by atoms with van der Waals surface area (Å²) in [5, 5.41) is 17.1. The molecule has 0 saturated carbocycles. The van der Waals surface area contributed by atoms with Crippen LogP contribution >= 0.6 is 0 Å². The minimum absolute atomic E-state index is 0.175. The highest BCUT2D eigenvalue weighted by molar-refractivity contribution is 5.95. The van der Waals surface area contributed by atoms with Crippen LogP contribution in [0.25, 0.3) is 0 Å². The summed E-state index contributed by atoms with van der Waals surface area (Å²) in [4.78, 5) is 12.1. The molecule has 1 unspecified atom stereocenters. The first-order chi connectivity index (χ1) is 10.4. The van der Waals surface area contributed by atoms with Gasteiger partial charge >= 0.3 is 0 Å². The number of nitrogens with one attached hydrogen (secondary N) is 1. The van der Waals surface area contributed by atoms with Crippen LogP contribution in [0.2, 0.25) is 0 Å². The molecule has 2 aromatic rings. The van der Waals surface area contributed by atoms with Gasteiger partial charge in [-0.1, -0.05) is 38.1 Å². The Labute approximate surface area is 131 Å². The van der Waals surface area contributed by atoms with Gasteiger partial charge in [0.15, 0.2) is 0 Å². The van der Waals surface area contributed by atoms with Crippen molar-refractivity contribution in [3.8, 4) is 0 Å². The van der Waals surface area contributed by atoms with E-state index in [1.54, 1.807) is 24.9 Å². The van der Waals surface area contributed by atoms with Crippen molar-refractivity contribution in [3.05, 3.63) is 52.8 Å². The predicted molar refractivity (Wildman–Crippen MR) is 85.8 cm³/mol. The number of aliphatic hydroxyl groups is 1. The number of hydrogen-bond donors (Lipinski definition) is 2. The standard InChI is InChI=1S/C17H23N3O2/c1-11(2)13-5-7-14(8-6-13)16(21)9-18-17(22)15-10-20(4)19-12(15)3/h5-8,10-11,16,21H,9H2,1-4H3,(H,18,22). The second-order valence-corrected chi connectivity index (χ2v) is 5.85. The second kappa shape index (κ2) is 6.75. The van der Waals surface area contributed by atoms with Crippen molar-refractivity contribution in [2.45, 2.75) is 32.8 Å². The molecule has 0 bridgehead atoms. The lowest BCUT2D eigenvalue weighted by Gasteiger charge is -2.13. The zero-order valence-electron chi connectivity index (χ0n) is 13.5. The van der Waals surface area contributed by atoms with Gasteiger partial charge in [0.1, 0.15) is 0 Å². The highest BCUT2D eigenvalue weighted by atomic mass is 16.3. The Hall–Kier alpha value is -2.14. The molecule has 2 N–H and O–H groups in total.